The highest BCUT2D eigenvalue weighted by molar-refractivity contribution is 7.89. The van der Waals surface area contributed by atoms with Crippen molar-refractivity contribution >= 4 is 10.0 Å². The molecule has 0 atom stereocenters. The minimum Gasteiger partial charge on any atom is -0.396 e. The second-order valence-corrected chi connectivity index (χ2v) is 6.91. The molecule has 18 heavy (non-hydrogen) atoms. The second kappa shape index (κ2) is 5.38. The van der Waals surface area contributed by atoms with E-state index in [1.54, 1.807) is 18.5 Å². The summed E-state index contributed by atoms with van der Waals surface area (Å²) in [5.41, 5.74) is -0.286. The Hall–Kier alpha value is -0.920. The summed E-state index contributed by atoms with van der Waals surface area (Å²) in [5, 5.41) is 8.93. The Bertz CT molecular complexity index is 486. The van der Waals surface area contributed by atoms with E-state index in [2.05, 4.69) is 9.71 Å². The van der Waals surface area contributed by atoms with E-state index < -0.39 is 10.0 Å². The lowest BCUT2D eigenvalue weighted by molar-refractivity contribution is 0.213. The van der Waals surface area contributed by atoms with Gasteiger partial charge in [0, 0.05) is 26.4 Å². The number of hydrogen-bond donors (Lipinski definition) is 2. The topological polar surface area (TPSA) is 84.2 Å². The predicted octanol–water partition coefficient (Wildman–Crippen LogP) is 0.415. The molecule has 0 fully saturated rings. The van der Waals surface area contributed by atoms with Gasteiger partial charge in [-0.2, -0.15) is 0 Å². The van der Waals surface area contributed by atoms with Crippen molar-refractivity contribution < 1.29 is 13.5 Å². The second-order valence-electron chi connectivity index (χ2n) is 5.20. The fourth-order valence-corrected chi connectivity index (χ4v) is 2.69. The maximum Gasteiger partial charge on any atom is 0.259 e. The van der Waals surface area contributed by atoms with Crippen LogP contribution in [0.2, 0.25) is 0 Å². The largest absolute Gasteiger partial charge is 0.396 e. The van der Waals surface area contributed by atoms with Crippen LogP contribution in [0.4, 0.5) is 0 Å². The number of aryl methyl sites for hydroxylation is 2. The molecule has 2 N–H and O–H groups in total. The first-order valence-corrected chi connectivity index (χ1v) is 7.27. The first-order valence-electron chi connectivity index (χ1n) is 5.78. The summed E-state index contributed by atoms with van der Waals surface area (Å²) in [5.74, 6) is 0.644. The standard InChI is InChI=1S/C11H21N3O3S/c1-9-13-10(7-14(9)4)18(16,17)12-8-11(2,3)5-6-15/h7,12,15H,5-6,8H2,1-4H3. The molecule has 0 radical (unpaired) electrons. The molecule has 0 unspecified atom stereocenters. The third kappa shape index (κ3) is 3.79. The normalized spacial score (nSPS) is 12.9. The minimum atomic E-state index is -3.58. The summed E-state index contributed by atoms with van der Waals surface area (Å²) >= 11 is 0. The zero-order chi connectivity index (χ0) is 14.0. The number of rotatable bonds is 6. The molecule has 0 bridgehead atoms. The van der Waals surface area contributed by atoms with Gasteiger partial charge in [0.25, 0.3) is 10.0 Å². The highest BCUT2D eigenvalue weighted by Crippen LogP contribution is 2.19. The minimum absolute atomic E-state index is 0.0299. The van der Waals surface area contributed by atoms with Crippen LogP contribution in [0, 0.1) is 12.3 Å². The van der Waals surface area contributed by atoms with E-state index in [9.17, 15) is 8.42 Å². The van der Waals surface area contributed by atoms with E-state index in [1.807, 2.05) is 13.8 Å². The molecule has 0 aliphatic heterocycles. The first-order chi connectivity index (χ1) is 8.18. The van der Waals surface area contributed by atoms with E-state index in [0.717, 1.165) is 0 Å². The Kier molecular flexibility index (Phi) is 4.52. The lowest BCUT2D eigenvalue weighted by Gasteiger charge is -2.23. The fourth-order valence-electron chi connectivity index (χ4n) is 1.41. The summed E-state index contributed by atoms with van der Waals surface area (Å²) < 4.78 is 28.2. The Morgan fingerprint density at radius 2 is 2.11 bits per heavy atom. The van der Waals surface area contributed by atoms with Crippen LogP contribution in [0.25, 0.3) is 0 Å². The van der Waals surface area contributed by atoms with Crippen molar-refractivity contribution in [1.82, 2.24) is 14.3 Å². The van der Waals surface area contributed by atoms with Gasteiger partial charge in [-0.25, -0.2) is 18.1 Å². The lowest BCUT2D eigenvalue weighted by Crippen LogP contribution is -2.34. The number of hydrogen-bond acceptors (Lipinski definition) is 4. The Morgan fingerprint density at radius 3 is 2.56 bits per heavy atom. The van der Waals surface area contributed by atoms with E-state index in [4.69, 9.17) is 5.11 Å². The van der Waals surface area contributed by atoms with Crippen molar-refractivity contribution in [2.75, 3.05) is 13.2 Å². The van der Waals surface area contributed by atoms with Crippen LogP contribution in [0.5, 0.6) is 0 Å². The zero-order valence-electron chi connectivity index (χ0n) is 11.3. The number of aliphatic hydroxyl groups excluding tert-OH is 1. The molecule has 0 amide bonds. The van der Waals surface area contributed by atoms with Gasteiger partial charge in [0.05, 0.1) is 0 Å². The smallest absolute Gasteiger partial charge is 0.259 e. The summed E-state index contributed by atoms with van der Waals surface area (Å²) in [4.78, 5) is 3.99. The monoisotopic (exact) mass is 275 g/mol. The van der Waals surface area contributed by atoms with Gasteiger partial charge >= 0.3 is 0 Å². The van der Waals surface area contributed by atoms with Gasteiger partial charge in [-0.15, -0.1) is 0 Å². The number of aliphatic hydroxyl groups is 1. The van der Waals surface area contributed by atoms with Crippen molar-refractivity contribution in [2.45, 2.75) is 32.2 Å². The van der Waals surface area contributed by atoms with Gasteiger partial charge in [-0.05, 0) is 18.8 Å². The lowest BCUT2D eigenvalue weighted by atomic mass is 9.90. The molecule has 0 aromatic carbocycles. The molecular formula is C11H21N3O3S. The van der Waals surface area contributed by atoms with Crippen molar-refractivity contribution in [1.29, 1.82) is 0 Å². The Morgan fingerprint density at radius 1 is 1.50 bits per heavy atom. The van der Waals surface area contributed by atoms with Crippen molar-refractivity contribution in [3.8, 4) is 0 Å². The zero-order valence-corrected chi connectivity index (χ0v) is 12.1. The Balaban J connectivity index is 2.77. The average molecular weight is 275 g/mol. The summed E-state index contributed by atoms with van der Waals surface area (Å²) in [6, 6.07) is 0. The molecule has 0 aliphatic carbocycles. The van der Waals surface area contributed by atoms with E-state index in [0.29, 0.717) is 12.2 Å². The van der Waals surface area contributed by atoms with Gasteiger partial charge in [0.1, 0.15) is 5.82 Å². The molecule has 1 rings (SSSR count). The molecule has 6 nitrogen and oxygen atoms in total. The van der Waals surface area contributed by atoms with Gasteiger partial charge in [0.15, 0.2) is 5.03 Å². The van der Waals surface area contributed by atoms with E-state index in [-0.39, 0.29) is 23.6 Å². The van der Waals surface area contributed by atoms with E-state index in [1.165, 1.54) is 6.20 Å². The van der Waals surface area contributed by atoms with Gasteiger partial charge in [-0.3, -0.25) is 0 Å². The van der Waals surface area contributed by atoms with E-state index >= 15 is 0 Å². The summed E-state index contributed by atoms with van der Waals surface area (Å²) in [7, 11) is -1.83. The number of imidazole rings is 1. The first kappa shape index (κ1) is 15.1. The SMILES string of the molecule is Cc1nc(S(=O)(=O)NCC(C)(C)CCO)cn1C. The quantitative estimate of drug-likeness (QED) is 0.788. The molecule has 104 valence electrons. The van der Waals surface area contributed by atoms with Crippen molar-refractivity contribution in [3.05, 3.63) is 12.0 Å². The van der Waals surface area contributed by atoms with Crippen LogP contribution in [-0.2, 0) is 17.1 Å². The molecule has 1 aromatic heterocycles. The number of sulfonamides is 1. The highest BCUT2D eigenvalue weighted by Gasteiger charge is 2.23. The molecule has 1 aromatic rings. The molecular weight excluding hydrogens is 254 g/mol. The van der Waals surface area contributed by atoms with Crippen LogP contribution in [0.15, 0.2) is 11.2 Å². The van der Waals surface area contributed by atoms with Crippen LogP contribution in [0.1, 0.15) is 26.1 Å². The number of nitrogens with zero attached hydrogens (tertiary/aromatic N) is 2. The summed E-state index contributed by atoms with van der Waals surface area (Å²) in [6.45, 7) is 5.85. The molecule has 0 aliphatic rings. The molecule has 0 spiro atoms. The van der Waals surface area contributed by atoms with Gasteiger partial charge in [0.2, 0.25) is 0 Å². The van der Waals surface area contributed by atoms with Crippen molar-refractivity contribution in [3.63, 3.8) is 0 Å². The molecule has 0 saturated heterocycles. The van der Waals surface area contributed by atoms with Crippen LogP contribution < -0.4 is 4.72 Å². The fraction of sp³-hybridized carbons (Fsp3) is 0.727. The summed E-state index contributed by atoms with van der Waals surface area (Å²) in [6.07, 6.45) is 2.02. The third-order valence-electron chi connectivity index (χ3n) is 2.89. The van der Waals surface area contributed by atoms with Crippen LogP contribution in [0.3, 0.4) is 0 Å². The molecule has 0 saturated carbocycles. The number of nitrogens with one attached hydrogen (secondary N) is 1. The molecule has 7 heteroatoms. The van der Waals surface area contributed by atoms with Gasteiger partial charge < -0.3 is 9.67 Å². The maximum absolute atomic E-state index is 12.0. The van der Waals surface area contributed by atoms with Crippen LogP contribution >= 0.6 is 0 Å². The average Bonchev–Trinajstić information content (AvgIpc) is 2.58. The van der Waals surface area contributed by atoms with Crippen molar-refractivity contribution in [2.24, 2.45) is 12.5 Å². The number of aromatic nitrogens is 2. The van der Waals surface area contributed by atoms with Gasteiger partial charge in [-0.1, -0.05) is 13.8 Å². The predicted molar refractivity (Wildman–Crippen MR) is 68.6 cm³/mol. The molecule has 1 heterocycles. The third-order valence-corrected chi connectivity index (χ3v) is 4.16. The Labute approximate surface area is 108 Å². The van der Waals surface area contributed by atoms with Crippen LogP contribution in [-0.4, -0.2) is 36.2 Å². The highest BCUT2D eigenvalue weighted by atomic mass is 32.2. The maximum atomic E-state index is 12.0.